The van der Waals surface area contributed by atoms with Gasteiger partial charge in [-0.25, -0.2) is 0 Å². The standard InChI is InChI=1S/C17H26O2/c1-12(2)9-16(18)19-15-5-3-4-8-17(15)11-13-6-7-14(17)10-13/h6-7,12-15H,3-5,8-11H2,1-2H3. The largest absolute Gasteiger partial charge is 0.462 e. The Morgan fingerprint density at radius 2 is 2.21 bits per heavy atom. The van der Waals surface area contributed by atoms with E-state index in [-0.39, 0.29) is 12.1 Å². The maximum absolute atomic E-state index is 12.0. The Labute approximate surface area is 116 Å². The van der Waals surface area contributed by atoms with Gasteiger partial charge in [0.25, 0.3) is 0 Å². The SMILES string of the molecule is CC(C)CC(=O)OC1CCCCC12CC1C=CC2C1. The summed E-state index contributed by atoms with van der Waals surface area (Å²) in [5.41, 5.74) is 0.296. The zero-order valence-electron chi connectivity index (χ0n) is 12.2. The predicted octanol–water partition coefficient (Wildman–Crippen LogP) is 4.10. The second-order valence-corrected chi connectivity index (χ2v) is 7.25. The second kappa shape index (κ2) is 4.96. The molecule has 0 aromatic rings. The molecule has 19 heavy (non-hydrogen) atoms. The van der Waals surface area contributed by atoms with Crippen molar-refractivity contribution in [1.82, 2.24) is 0 Å². The molecule has 106 valence electrons. The average Bonchev–Trinajstić information content (AvgIpc) is 2.92. The summed E-state index contributed by atoms with van der Waals surface area (Å²) in [6.45, 7) is 4.16. The lowest BCUT2D eigenvalue weighted by molar-refractivity contribution is -0.162. The van der Waals surface area contributed by atoms with Crippen molar-refractivity contribution in [1.29, 1.82) is 0 Å². The number of esters is 1. The first-order valence-corrected chi connectivity index (χ1v) is 7.98. The van der Waals surface area contributed by atoms with E-state index in [1.54, 1.807) is 0 Å². The van der Waals surface area contributed by atoms with Crippen LogP contribution in [0.2, 0.25) is 0 Å². The van der Waals surface area contributed by atoms with E-state index < -0.39 is 0 Å². The van der Waals surface area contributed by atoms with Crippen LogP contribution in [0.25, 0.3) is 0 Å². The number of fused-ring (bicyclic) bond motifs is 3. The fourth-order valence-corrected chi connectivity index (χ4v) is 4.60. The lowest BCUT2D eigenvalue weighted by Crippen LogP contribution is -2.44. The summed E-state index contributed by atoms with van der Waals surface area (Å²) in [7, 11) is 0. The van der Waals surface area contributed by atoms with E-state index in [1.165, 1.54) is 32.1 Å². The lowest BCUT2D eigenvalue weighted by Gasteiger charge is -2.45. The maximum Gasteiger partial charge on any atom is 0.306 e. The van der Waals surface area contributed by atoms with Gasteiger partial charge in [0.15, 0.2) is 0 Å². The summed E-state index contributed by atoms with van der Waals surface area (Å²) >= 11 is 0. The monoisotopic (exact) mass is 262 g/mol. The van der Waals surface area contributed by atoms with Crippen LogP contribution in [0.4, 0.5) is 0 Å². The quantitative estimate of drug-likeness (QED) is 0.565. The van der Waals surface area contributed by atoms with Crippen LogP contribution in [-0.4, -0.2) is 12.1 Å². The van der Waals surface area contributed by atoms with E-state index in [9.17, 15) is 4.79 Å². The van der Waals surface area contributed by atoms with Crippen LogP contribution < -0.4 is 0 Å². The smallest absolute Gasteiger partial charge is 0.306 e. The van der Waals surface area contributed by atoms with Gasteiger partial charge in [-0.2, -0.15) is 0 Å². The molecule has 0 radical (unpaired) electrons. The highest BCUT2D eigenvalue weighted by atomic mass is 16.5. The lowest BCUT2D eigenvalue weighted by atomic mass is 9.64. The van der Waals surface area contributed by atoms with E-state index in [4.69, 9.17) is 4.74 Å². The summed E-state index contributed by atoms with van der Waals surface area (Å²) in [5.74, 6) is 1.85. The molecule has 2 nitrogen and oxygen atoms in total. The van der Waals surface area contributed by atoms with Gasteiger partial charge in [-0.15, -0.1) is 0 Å². The molecule has 0 amide bonds. The van der Waals surface area contributed by atoms with Crippen LogP contribution in [0.5, 0.6) is 0 Å². The number of carbonyl (C=O) groups excluding carboxylic acids is 1. The topological polar surface area (TPSA) is 26.3 Å². The Bertz CT molecular complexity index is 385. The maximum atomic E-state index is 12.0. The summed E-state index contributed by atoms with van der Waals surface area (Å²) in [6, 6.07) is 0. The molecule has 3 aliphatic rings. The highest BCUT2D eigenvalue weighted by molar-refractivity contribution is 5.69. The van der Waals surface area contributed by atoms with E-state index in [2.05, 4.69) is 26.0 Å². The van der Waals surface area contributed by atoms with Crippen molar-refractivity contribution in [2.24, 2.45) is 23.2 Å². The first-order valence-electron chi connectivity index (χ1n) is 7.98. The zero-order valence-corrected chi connectivity index (χ0v) is 12.2. The van der Waals surface area contributed by atoms with Crippen LogP contribution >= 0.6 is 0 Å². The summed E-state index contributed by atoms with van der Waals surface area (Å²) in [5, 5.41) is 0. The Kier molecular flexibility index (Phi) is 3.44. The first-order chi connectivity index (χ1) is 9.10. The van der Waals surface area contributed by atoms with E-state index in [1.807, 2.05) is 0 Å². The average molecular weight is 262 g/mol. The summed E-state index contributed by atoms with van der Waals surface area (Å²) in [4.78, 5) is 12.0. The van der Waals surface area contributed by atoms with E-state index in [0.29, 0.717) is 23.7 Å². The molecule has 0 saturated heterocycles. The van der Waals surface area contributed by atoms with Gasteiger partial charge in [0.05, 0.1) is 0 Å². The first kappa shape index (κ1) is 13.2. The number of ether oxygens (including phenoxy) is 1. The summed E-state index contributed by atoms with van der Waals surface area (Å²) in [6.07, 6.45) is 13.0. The number of hydrogen-bond acceptors (Lipinski definition) is 2. The van der Waals surface area contributed by atoms with Gasteiger partial charge in [0, 0.05) is 11.8 Å². The minimum Gasteiger partial charge on any atom is -0.462 e. The minimum atomic E-state index is 0.0213. The summed E-state index contributed by atoms with van der Waals surface area (Å²) < 4.78 is 5.92. The molecule has 1 spiro atoms. The number of hydrogen-bond donors (Lipinski definition) is 0. The van der Waals surface area contributed by atoms with Crippen molar-refractivity contribution < 1.29 is 9.53 Å². The number of allylic oxidation sites excluding steroid dienone is 2. The molecule has 0 aliphatic heterocycles. The van der Waals surface area contributed by atoms with Gasteiger partial charge in [0.1, 0.15) is 6.10 Å². The number of rotatable bonds is 3. The molecule has 3 aliphatic carbocycles. The highest BCUT2D eigenvalue weighted by Gasteiger charge is 2.54. The molecule has 0 aromatic carbocycles. The van der Waals surface area contributed by atoms with Crippen LogP contribution in [-0.2, 0) is 9.53 Å². The van der Waals surface area contributed by atoms with Gasteiger partial charge >= 0.3 is 5.97 Å². The number of carbonyl (C=O) groups is 1. The van der Waals surface area contributed by atoms with Crippen LogP contribution in [0.15, 0.2) is 12.2 Å². The molecule has 0 aromatic heterocycles. The normalized spacial score (nSPS) is 40.3. The molecule has 0 heterocycles. The second-order valence-electron chi connectivity index (χ2n) is 7.25. The van der Waals surface area contributed by atoms with Gasteiger partial charge in [-0.05, 0) is 49.9 Å². The molecule has 2 fully saturated rings. The molecule has 2 heteroatoms. The van der Waals surface area contributed by atoms with E-state index in [0.717, 1.165) is 12.3 Å². The van der Waals surface area contributed by atoms with Crippen molar-refractivity contribution in [3.63, 3.8) is 0 Å². The van der Waals surface area contributed by atoms with Gasteiger partial charge in [-0.1, -0.05) is 32.4 Å². The van der Waals surface area contributed by atoms with Crippen LogP contribution in [0.3, 0.4) is 0 Å². The molecular weight excluding hydrogens is 236 g/mol. The highest BCUT2D eigenvalue weighted by Crippen LogP contribution is 2.59. The molecule has 2 saturated carbocycles. The van der Waals surface area contributed by atoms with Crippen molar-refractivity contribution >= 4 is 5.97 Å². The minimum absolute atomic E-state index is 0.0213. The third kappa shape index (κ3) is 2.34. The third-order valence-electron chi connectivity index (χ3n) is 5.40. The fourth-order valence-electron chi connectivity index (χ4n) is 4.60. The Morgan fingerprint density at radius 1 is 1.37 bits per heavy atom. The van der Waals surface area contributed by atoms with Crippen molar-refractivity contribution in [2.45, 2.75) is 64.9 Å². The molecule has 4 atom stereocenters. The molecular formula is C17H26O2. The Balaban J connectivity index is 1.72. The molecule has 2 bridgehead atoms. The molecule has 4 unspecified atom stereocenters. The Hall–Kier alpha value is -0.790. The van der Waals surface area contributed by atoms with Crippen molar-refractivity contribution in [3.8, 4) is 0 Å². The van der Waals surface area contributed by atoms with Gasteiger partial charge in [-0.3, -0.25) is 4.79 Å². The van der Waals surface area contributed by atoms with Crippen LogP contribution in [0, 0.1) is 23.2 Å². The van der Waals surface area contributed by atoms with E-state index >= 15 is 0 Å². The van der Waals surface area contributed by atoms with Crippen molar-refractivity contribution in [3.05, 3.63) is 12.2 Å². The van der Waals surface area contributed by atoms with Gasteiger partial charge in [0.2, 0.25) is 0 Å². The Morgan fingerprint density at radius 3 is 2.84 bits per heavy atom. The van der Waals surface area contributed by atoms with Crippen LogP contribution in [0.1, 0.15) is 58.8 Å². The van der Waals surface area contributed by atoms with Gasteiger partial charge < -0.3 is 4.74 Å². The fraction of sp³-hybridized carbons (Fsp3) is 0.824. The molecule has 3 rings (SSSR count). The third-order valence-corrected chi connectivity index (χ3v) is 5.40. The van der Waals surface area contributed by atoms with Crippen molar-refractivity contribution in [2.75, 3.05) is 0 Å². The zero-order chi connectivity index (χ0) is 13.5. The predicted molar refractivity (Wildman–Crippen MR) is 75.6 cm³/mol. The molecule has 0 N–H and O–H groups in total.